The van der Waals surface area contributed by atoms with Crippen molar-refractivity contribution in [1.82, 2.24) is 40.0 Å². The van der Waals surface area contributed by atoms with Crippen molar-refractivity contribution in [3.63, 3.8) is 0 Å². The summed E-state index contributed by atoms with van der Waals surface area (Å²) >= 11 is 0. The standard InChI is InChI=1S/C17H21N9O/c1-13-20-16(23-22-13)12-24-8-10-25(11-9-24)17(27)21-14-2-4-15(5-3-14)26-18-6-7-19-26/h2-7H,8-12H2,1H3,(H,21,27)(H,20,22,23). The Bertz CT molecular complexity index is 880. The third kappa shape index (κ3) is 4.11. The van der Waals surface area contributed by atoms with Crippen molar-refractivity contribution >= 4 is 11.7 Å². The van der Waals surface area contributed by atoms with Crippen molar-refractivity contribution in [1.29, 1.82) is 0 Å². The van der Waals surface area contributed by atoms with Gasteiger partial charge in [0, 0.05) is 31.9 Å². The molecular weight excluding hydrogens is 346 g/mol. The highest BCUT2D eigenvalue weighted by Gasteiger charge is 2.22. The second-order valence-corrected chi connectivity index (χ2v) is 6.40. The molecule has 10 heteroatoms. The molecule has 1 aromatic carbocycles. The SMILES string of the molecule is Cc1nc(CN2CCN(C(=O)Nc3ccc(-n4nccn4)cc3)CC2)n[nH]1. The Balaban J connectivity index is 1.28. The van der Waals surface area contributed by atoms with Gasteiger partial charge in [0.05, 0.1) is 24.6 Å². The monoisotopic (exact) mass is 367 g/mol. The molecule has 1 fully saturated rings. The summed E-state index contributed by atoms with van der Waals surface area (Å²) in [5.41, 5.74) is 1.59. The maximum Gasteiger partial charge on any atom is 0.321 e. The summed E-state index contributed by atoms with van der Waals surface area (Å²) in [5.74, 6) is 1.61. The number of nitrogens with zero attached hydrogens (tertiary/aromatic N) is 7. The fraction of sp³-hybridized carbons (Fsp3) is 0.353. The number of aromatic amines is 1. The van der Waals surface area contributed by atoms with Crippen molar-refractivity contribution in [2.75, 3.05) is 31.5 Å². The zero-order chi connectivity index (χ0) is 18.6. The fourth-order valence-corrected chi connectivity index (χ4v) is 3.00. The van der Waals surface area contributed by atoms with E-state index in [0.717, 1.165) is 36.1 Å². The lowest BCUT2D eigenvalue weighted by molar-refractivity contribution is 0.141. The molecule has 3 heterocycles. The van der Waals surface area contributed by atoms with Gasteiger partial charge in [-0.25, -0.2) is 9.78 Å². The van der Waals surface area contributed by atoms with Crippen LogP contribution in [0.4, 0.5) is 10.5 Å². The van der Waals surface area contributed by atoms with E-state index in [2.05, 4.69) is 35.6 Å². The molecule has 2 N–H and O–H groups in total. The normalized spacial score (nSPS) is 15.1. The third-order valence-corrected chi connectivity index (χ3v) is 4.44. The molecule has 27 heavy (non-hydrogen) atoms. The number of H-pyrrole nitrogens is 1. The molecule has 1 aliphatic heterocycles. The Morgan fingerprint density at radius 1 is 1.11 bits per heavy atom. The topological polar surface area (TPSA) is 108 Å². The Labute approximate surface area is 156 Å². The summed E-state index contributed by atoms with van der Waals surface area (Å²) in [6.07, 6.45) is 3.25. The number of benzene rings is 1. The molecule has 3 aromatic rings. The Morgan fingerprint density at radius 3 is 2.44 bits per heavy atom. The van der Waals surface area contributed by atoms with Crippen LogP contribution in [0.15, 0.2) is 36.7 Å². The number of carbonyl (C=O) groups excluding carboxylic acids is 1. The van der Waals surface area contributed by atoms with Crippen LogP contribution >= 0.6 is 0 Å². The smallest absolute Gasteiger partial charge is 0.321 e. The largest absolute Gasteiger partial charge is 0.322 e. The van der Waals surface area contributed by atoms with E-state index in [1.165, 1.54) is 4.80 Å². The molecule has 2 aromatic heterocycles. The average molecular weight is 367 g/mol. The lowest BCUT2D eigenvalue weighted by atomic mass is 10.3. The number of urea groups is 1. The van der Waals surface area contributed by atoms with E-state index in [-0.39, 0.29) is 6.03 Å². The van der Waals surface area contributed by atoms with Crippen LogP contribution in [0.3, 0.4) is 0 Å². The fourth-order valence-electron chi connectivity index (χ4n) is 3.00. The minimum atomic E-state index is -0.0895. The maximum absolute atomic E-state index is 12.5. The third-order valence-electron chi connectivity index (χ3n) is 4.44. The summed E-state index contributed by atoms with van der Waals surface area (Å²) in [4.78, 5) is 22.4. The molecule has 0 aliphatic carbocycles. The molecular formula is C17H21N9O. The lowest BCUT2D eigenvalue weighted by Gasteiger charge is -2.34. The van der Waals surface area contributed by atoms with Crippen molar-refractivity contribution in [2.45, 2.75) is 13.5 Å². The number of hydrogen-bond acceptors (Lipinski definition) is 6. The summed E-state index contributed by atoms with van der Waals surface area (Å²) in [7, 11) is 0. The minimum absolute atomic E-state index is 0.0895. The van der Waals surface area contributed by atoms with Gasteiger partial charge in [0.2, 0.25) is 0 Å². The quantitative estimate of drug-likeness (QED) is 0.713. The Kier molecular flexibility index (Phi) is 4.79. The van der Waals surface area contributed by atoms with Crippen LogP contribution in [0.5, 0.6) is 0 Å². The van der Waals surface area contributed by atoms with E-state index in [1.54, 1.807) is 12.4 Å². The van der Waals surface area contributed by atoms with Gasteiger partial charge in [-0.15, -0.1) is 0 Å². The van der Waals surface area contributed by atoms with Crippen LogP contribution in [0.2, 0.25) is 0 Å². The predicted octanol–water partition coefficient (Wildman–Crippen LogP) is 1.04. The van der Waals surface area contributed by atoms with Crippen LogP contribution in [-0.4, -0.2) is 72.2 Å². The van der Waals surface area contributed by atoms with Gasteiger partial charge in [-0.2, -0.15) is 20.1 Å². The highest BCUT2D eigenvalue weighted by molar-refractivity contribution is 5.89. The van der Waals surface area contributed by atoms with E-state index in [4.69, 9.17) is 0 Å². The molecule has 140 valence electrons. The molecule has 0 radical (unpaired) electrons. The molecule has 0 bridgehead atoms. The van der Waals surface area contributed by atoms with Crippen molar-refractivity contribution in [3.05, 3.63) is 48.3 Å². The number of amides is 2. The van der Waals surface area contributed by atoms with Gasteiger partial charge >= 0.3 is 6.03 Å². The summed E-state index contributed by atoms with van der Waals surface area (Å²) < 4.78 is 0. The molecule has 0 atom stereocenters. The van der Waals surface area contributed by atoms with E-state index < -0.39 is 0 Å². The first-order valence-electron chi connectivity index (χ1n) is 8.80. The number of rotatable bonds is 4. The second-order valence-electron chi connectivity index (χ2n) is 6.40. The number of hydrogen-bond donors (Lipinski definition) is 2. The molecule has 10 nitrogen and oxygen atoms in total. The molecule has 4 rings (SSSR count). The van der Waals surface area contributed by atoms with Crippen molar-refractivity contribution in [3.8, 4) is 5.69 Å². The highest BCUT2D eigenvalue weighted by Crippen LogP contribution is 2.13. The summed E-state index contributed by atoms with van der Waals surface area (Å²) in [6, 6.07) is 7.34. The Hall–Kier alpha value is -3.27. The number of aromatic nitrogens is 6. The minimum Gasteiger partial charge on any atom is -0.322 e. The number of anilines is 1. The molecule has 1 saturated heterocycles. The van der Waals surface area contributed by atoms with Gasteiger partial charge in [0.1, 0.15) is 5.82 Å². The van der Waals surface area contributed by atoms with E-state index >= 15 is 0 Å². The number of piperazine rings is 1. The van der Waals surface area contributed by atoms with Gasteiger partial charge in [0.25, 0.3) is 0 Å². The first-order chi connectivity index (χ1) is 13.2. The lowest BCUT2D eigenvalue weighted by Crippen LogP contribution is -2.49. The highest BCUT2D eigenvalue weighted by atomic mass is 16.2. The van der Waals surface area contributed by atoms with Crippen LogP contribution in [-0.2, 0) is 6.54 Å². The van der Waals surface area contributed by atoms with Crippen LogP contribution < -0.4 is 5.32 Å². The van der Waals surface area contributed by atoms with Crippen molar-refractivity contribution in [2.24, 2.45) is 0 Å². The summed E-state index contributed by atoms with van der Waals surface area (Å²) in [6.45, 7) is 5.52. The Morgan fingerprint density at radius 2 is 1.81 bits per heavy atom. The van der Waals surface area contributed by atoms with Crippen LogP contribution in [0.1, 0.15) is 11.6 Å². The van der Waals surface area contributed by atoms with Crippen LogP contribution in [0.25, 0.3) is 5.69 Å². The van der Waals surface area contributed by atoms with Gasteiger partial charge < -0.3 is 10.2 Å². The number of aryl methyl sites for hydroxylation is 1. The first-order valence-corrected chi connectivity index (χ1v) is 8.80. The van der Waals surface area contributed by atoms with Crippen molar-refractivity contribution < 1.29 is 4.79 Å². The number of nitrogens with one attached hydrogen (secondary N) is 2. The van der Waals surface area contributed by atoms with E-state index in [1.807, 2.05) is 36.1 Å². The molecule has 1 aliphatic rings. The van der Waals surface area contributed by atoms with Gasteiger partial charge in [-0.05, 0) is 31.2 Å². The zero-order valence-corrected chi connectivity index (χ0v) is 15.0. The predicted molar refractivity (Wildman–Crippen MR) is 98.3 cm³/mol. The first kappa shape index (κ1) is 17.2. The average Bonchev–Trinajstić information content (AvgIpc) is 3.35. The number of carbonyl (C=O) groups is 1. The second kappa shape index (κ2) is 7.54. The van der Waals surface area contributed by atoms with E-state index in [9.17, 15) is 4.79 Å². The van der Waals surface area contributed by atoms with Crippen LogP contribution in [0, 0.1) is 6.92 Å². The van der Waals surface area contributed by atoms with Gasteiger partial charge in [0.15, 0.2) is 5.82 Å². The van der Waals surface area contributed by atoms with E-state index in [0.29, 0.717) is 19.6 Å². The summed E-state index contributed by atoms with van der Waals surface area (Å²) in [5, 5.41) is 18.1. The molecule has 0 saturated carbocycles. The van der Waals surface area contributed by atoms with Gasteiger partial charge in [-0.1, -0.05) is 0 Å². The maximum atomic E-state index is 12.5. The zero-order valence-electron chi connectivity index (χ0n) is 15.0. The molecule has 0 spiro atoms. The molecule has 2 amide bonds. The molecule has 0 unspecified atom stereocenters. The van der Waals surface area contributed by atoms with Gasteiger partial charge in [-0.3, -0.25) is 10.00 Å².